The smallest absolute Gasteiger partial charge is 0.234 e. The summed E-state index contributed by atoms with van der Waals surface area (Å²) in [5.74, 6) is 0. The molecule has 2 aromatic rings. The quantitative estimate of drug-likeness (QED) is 0.827. The molecule has 0 aliphatic carbocycles. The lowest BCUT2D eigenvalue weighted by Crippen LogP contribution is -2.51. The van der Waals surface area contributed by atoms with Gasteiger partial charge in [-0.05, 0) is 18.4 Å². The van der Waals surface area contributed by atoms with Crippen LogP contribution in [0.4, 0.5) is 0 Å². The van der Waals surface area contributed by atoms with Crippen LogP contribution in [0, 0.1) is 0 Å². The van der Waals surface area contributed by atoms with Crippen LogP contribution in [0.15, 0.2) is 36.5 Å². The van der Waals surface area contributed by atoms with Gasteiger partial charge in [0.2, 0.25) is 11.3 Å². The summed E-state index contributed by atoms with van der Waals surface area (Å²) >= 11 is -1.94. The lowest BCUT2D eigenvalue weighted by molar-refractivity contribution is 0.249. The molecule has 1 saturated heterocycles. The van der Waals surface area contributed by atoms with Crippen LogP contribution in [0.3, 0.4) is 0 Å². The van der Waals surface area contributed by atoms with E-state index in [1.54, 1.807) is 10.5 Å². The van der Waals surface area contributed by atoms with Crippen LogP contribution in [0.1, 0.15) is 18.7 Å². The number of fused-ring (bicyclic) bond motifs is 1. The van der Waals surface area contributed by atoms with Crippen LogP contribution in [-0.2, 0) is 11.3 Å². The average Bonchev–Trinajstić information content (AvgIpc) is 2.46. The van der Waals surface area contributed by atoms with E-state index in [4.69, 9.17) is 0 Å². The molecular formula is C14H17N3O2S. The Morgan fingerprint density at radius 1 is 1.35 bits per heavy atom. The minimum Gasteiger partial charge on any atom is -0.304 e. The predicted octanol–water partition coefficient (Wildman–Crippen LogP) is 1.71. The summed E-state index contributed by atoms with van der Waals surface area (Å²) in [6.07, 6.45) is 1.79. The fourth-order valence-corrected chi connectivity index (χ4v) is 3.37. The van der Waals surface area contributed by atoms with E-state index in [2.05, 4.69) is 16.4 Å². The number of nitrogens with zero attached hydrogens (tertiary/aromatic N) is 2. The third kappa shape index (κ3) is 2.60. The van der Waals surface area contributed by atoms with Gasteiger partial charge in [0.1, 0.15) is 0 Å². The standard InChI is InChI=1S/C14H17N3O2S/c1-10-8-17(20(18)19)9-13(16-10)14-12-5-3-2-4-11(12)6-7-15-14/h2-7,10,13,16H,8-9H2,1H3,(H,18,19)/t10-,13+/m0/s1. The van der Waals surface area contributed by atoms with Crippen LogP contribution in [-0.4, -0.2) is 37.2 Å². The van der Waals surface area contributed by atoms with Gasteiger partial charge >= 0.3 is 0 Å². The molecule has 20 heavy (non-hydrogen) atoms. The number of piperazine rings is 1. The van der Waals surface area contributed by atoms with E-state index >= 15 is 0 Å². The summed E-state index contributed by atoms with van der Waals surface area (Å²) in [5, 5.41) is 5.68. The molecule has 1 aliphatic heterocycles. The van der Waals surface area contributed by atoms with Gasteiger partial charge in [0.15, 0.2) is 0 Å². The topological polar surface area (TPSA) is 65.5 Å². The van der Waals surface area contributed by atoms with Crippen LogP contribution >= 0.6 is 0 Å². The van der Waals surface area contributed by atoms with E-state index in [9.17, 15) is 8.76 Å². The second-order valence-corrected chi connectivity index (χ2v) is 6.09. The SMILES string of the molecule is C[C@H]1CN(S(=O)O)C[C@H](c2nccc3ccccc23)N1. The Kier molecular flexibility index (Phi) is 3.80. The summed E-state index contributed by atoms with van der Waals surface area (Å²) in [4.78, 5) is 4.49. The molecule has 0 radical (unpaired) electrons. The minimum atomic E-state index is -1.94. The van der Waals surface area contributed by atoms with E-state index < -0.39 is 11.3 Å². The number of aromatic nitrogens is 1. The minimum absolute atomic E-state index is 0.0408. The fraction of sp³-hybridized carbons (Fsp3) is 0.357. The van der Waals surface area contributed by atoms with E-state index in [0.717, 1.165) is 16.5 Å². The number of hydrogen-bond acceptors (Lipinski definition) is 3. The number of nitrogens with one attached hydrogen (secondary N) is 1. The van der Waals surface area contributed by atoms with E-state index in [1.165, 1.54) is 0 Å². The zero-order chi connectivity index (χ0) is 14.1. The summed E-state index contributed by atoms with van der Waals surface area (Å²) < 4.78 is 22.2. The van der Waals surface area contributed by atoms with Gasteiger partial charge in [-0.15, -0.1) is 0 Å². The molecular weight excluding hydrogens is 274 g/mol. The maximum Gasteiger partial charge on any atom is 0.234 e. The Labute approximate surface area is 120 Å². The molecule has 3 atom stereocenters. The van der Waals surface area contributed by atoms with Gasteiger partial charge in [0.05, 0.1) is 11.7 Å². The molecule has 1 aromatic heterocycles. The Morgan fingerprint density at radius 3 is 2.95 bits per heavy atom. The molecule has 1 aromatic carbocycles. The number of rotatable bonds is 2. The molecule has 6 heteroatoms. The zero-order valence-electron chi connectivity index (χ0n) is 11.2. The lowest BCUT2D eigenvalue weighted by Gasteiger charge is -2.35. The normalized spacial score (nSPS) is 25.7. The maximum absolute atomic E-state index is 11.3. The van der Waals surface area contributed by atoms with Gasteiger partial charge in [0.25, 0.3) is 0 Å². The molecule has 2 heterocycles. The molecule has 1 unspecified atom stereocenters. The van der Waals surface area contributed by atoms with Crippen molar-refractivity contribution >= 4 is 22.0 Å². The van der Waals surface area contributed by atoms with Crippen molar-refractivity contribution in [3.05, 3.63) is 42.2 Å². The maximum atomic E-state index is 11.3. The highest BCUT2D eigenvalue weighted by Gasteiger charge is 2.29. The van der Waals surface area contributed by atoms with Gasteiger partial charge in [-0.2, -0.15) is 4.31 Å². The first-order valence-corrected chi connectivity index (χ1v) is 7.67. The highest BCUT2D eigenvalue weighted by molar-refractivity contribution is 7.76. The first kappa shape index (κ1) is 13.6. The van der Waals surface area contributed by atoms with Crippen molar-refractivity contribution in [3.8, 4) is 0 Å². The fourth-order valence-electron chi connectivity index (χ4n) is 2.75. The summed E-state index contributed by atoms with van der Waals surface area (Å²) in [7, 11) is 0. The van der Waals surface area contributed by atoms with Gasteiger partial charge in [-0.3, -0.25) is 9.54 Å². The number of benzene rings is 1. The van der Waals surface area contributed by atoms with Crippen molar-refractivity contribution in [2.45, 2.75) is 19.0 Å². The number of pyridine rings is 1. The molecule has 1 aliphatic rings. The van der Waals surface area contributed by atoms with Crippen LogP contribution < -0.4 is 5.32 Å². The third-order valence-electron chi connectivity index (χ3n) is 3.60. The molecule has 106 valence electrons. The van der Waals surface area contributed by atoms with Gasteiger partial charge < -0.3 is 5.32 Å². The molecule has 0 spiro atoms. The summed E-state index contributed by atoms with van der Waals surface area (Å²) in [6.45, 7) is 3.05. The monoisotopic (exact) mass is 291 g/mol. The van der Waals surface area contributed by atoms with Gasteiger partial charge in [-0.1, -0.05) is 24.3 Å². The summed E-state index contributed by atoms with van der Waals surface area (Å²) in [5.41, 5.74) is 0.935. The molecule has 0 saturated carbocycles. The Hall–Kier alpha value is -1.34. The van der Waals surface area contributed by atoms with Crippen molar-refractivity contribution in [2.75, 3.05) is 13.1 Å². The zero-order valence-corrected chi connectivity index (χ0v) is 12.0. The Bertz CT molecular complexity index is 644. The van der Waals surface area contributed by atoms with Crippen LogP contribution in [0.2, 0.25) is 0 Å². The number of hydrogen-bond donors (Lipinski definition) is 2. The predicted molar refractivity (Wildman–Crippen MR) is 79.4 cm³/mol. The second-order valence-electron chi connectivity index (χ2n) is 5.12. The van der Waals surface area contributed by atoms with E-state index in [0.29, 0.717) is 13.1 Å². The molecule has 2 N–H and O–H groups in total. The summed E-state index contributed by atoms with van der Waals surface area (Å²) in [6, 6.07) is 10.2. The Morgan fingerprint density at radius 2 is 2.15 bits per heavy atom. The van der Waals surface area contributed by atoms with Crippen molar-refractivity contribution in [3.63, 3.8) is 0 Å². The van der Waals surface area contributed by atoms with Gasteiger partial charge in [0, 0.05) is 30.7 Å². The largest absolute Gasteiger partial charge is 0.304 e. The Balaban J connectivity index is 1.99. The van der Waals surface area contributed by atoms with Crippen molar-refractivity contribution in [1.82, 2.24) is 14.6 Å². The average molecular weight is 291 g/mol. The molecule has 5 nitrogen and oxygen atoms in total. The highest BCUT2D eigenvalue weighted by Crippen LogP contribution is 2.25. The van der Waals surface area contributed by atoms with Crippen LogP contribution in [0.5, 0.6) is 0 Å². The van der Waals surface area contributed by atoms with Crippen LogP contribution in [0.25, 0.3) is 10.8 Å². The molecule has 3 rings (SSSR count). The van der Waals surface area contributed by atoms with Crippen molar-refractivity contribution < 1.29 is 8.76 Å². The lowest BCUT2D eigenvalue weighted by atomic mass is 10.0. The van der Waals surface area contributed by atoms with Gasteiger partial charge in [-0.25, -0.2) is 4.21 Å². The van der Waals surface area contributed by atoms with E-state index in [1.807, 2.05) is 31.2 Å². The highest BCUT2D eigenvalue weighted by atomic mass is 32.2. The molecule has 1 fully saturated rings. The molecule has 0 bridgehead atoms. The second kappa shape index (κ2) is 5.57. The first-order valence-electron chi connectivity index (χ1n) is 6.61. The third-order valence-corrected chi connectivity index (χ3v) is 4.34. The van der Waals surface area contributed by atoms with Crippen molar-refractivity contribution in [2.24, 2.45) is 0 Å². The van der Waals surface area contributed by atoms with E-state index in [-0.39, 0.29) is 12.1 Å². The first-order chi connectivity index (χ1) is 9.65. The van der Waals surface area contributed by atoms with Crippen molar-refractivity contribution in [1.29, 1.82) is 0 Å². The molecule has 0 amide bonds.